The minimum atomic E-state index is -3.40. The Kier molecular flexibility index (Phi) is 5.51. The van der Waals surface area contributed by atoms with Crippen molar-refractivity contribution in [2.45, 2.75) is 32.6 Å². The quantitative estimate of drug-likeness (QED) is 0.790. The van der Waals surface area contributed by atoms with Gasteiger partial charge in [-0.2, -0.15) is 17.0 Å². The maximum absolute atomic E-state index is 12.9. The van der Waals surface area contributed by atoms with Crippen molar-refractivity contribution in [2.24, 2.45) is 0 Å². The van der Waals surface area contributed by atoms with Gasteiger partial charge in [-0.15, -0.1) is 0 Å². The van der Waals surface area contributed by atoms with E-state index in [9.17, 15) is 8.42 Å². The van der Waals surface area contributed by atoms with Gasteiger partial charge < -0.3 is 4.74 Å². The zero-order valence-corrected chi connectivity index (χ0v) is 15.2. The Morgan fingerprint density at radius 2 is 1.75 bits per heavy atom. The summed E-state index contributed by atoms with van der Waals surface area (Å²) in [6.07, 6.45) is 1.67. The van der Waals surface area contributed by atoms with Crippen LogP contribution in [0.2, 0.25) is 0 Å². The van der Waals surface area contributed by atoms with Crippen molar-refractivity contribution in [3.63, 3.8) is 0 Å². The fourth-order valence-corrected chi connectivity index (χ4v) is 5.07. The minimum absolute atomic E-state index is 0.0611. The second kappa shape index (κ2) is 7.45. The van der Waals surface area contributed by atoms with Crippen molar-refractivity contribution in [2.75, 3.05) is 39.3 Å². The molecular weight excluding hydrogens is 328 g/mol. The zero-order valence-electron chi connectivity index (χ0n) is 14.3. The summed E-state index contributed by atoms with van der Waals surface area (Å²) in [6, 6.07) is 5.88. The van der Waals surface area contributed by atoms with Gasteiger partial charge in [0.25, 0.3) is 10.2 Å². The molecule has 1 aromatic heterocycles. The fourth-order valence-electron chi connectivity index (χ4n) is 3.32. The van der Waals surface area contributed by atoms with E-state index in [2.05, 4.69) is 9.88 Å². The summed E-state index contributed by atoms with van der Waals surface area (Å²) in [5.74, 6) is 0. The lowest BCUT2D eigenvalue weighted by atomic mass is 10.3. The molecule has 2 fully saturated rings. The number of hydrogen-bond acceptors (Lipinski definition) is 5. The number of nitrogens with zero attached hydrogens (tertiary/aromatic N) is 4. The van der Waals surface area contributed by atoms with Crippen molar-refractivity contribution >= 4 is 10.2 Å². The highest BCUT2D eigenvalue weighted by molar-refractivity contribution is 7.86. The second-order valence-electron chi connectivity index (χ2n) is 6.58. The van der Waals surface area contributed by atoms with Crippen LogP contribution in [-0.4, -0.2) is 78.4 Å². The molecule has 0 bridgehead atoms. The topological polar surface area (TPSA) is 66.0 Å². The highest BCUT2D eigenvalue weighted by Gasteiger charge is 2.36. The van der Waals surface area contributed by atoms with E-state index >= 15 is 0 Å². The summed E-state index contributed by atoms with van der Waals surface area (Å²) in [4.78, 5) is 6.58. The van der Waals surface area contributed by atoms with Gasteiger partial charge in [0.15, 0.2) is 0 Å². The Morgan fingerprint density at radius 3 is 2.33 bits per heavy atom. The van der Waals surface area contributed by atoms with E-state index in [-0.39, 0.29) is 12.2 Å². The van der Waals surface area contributed by atoms with Crippen molar-refractivity contribution in [3.05, 3.63) is 30.1 Å². The van der Waals surface area contributed by atoms with Crippen LogP contribution in [0.25, 0.3) is 0 Å². The minimum Gasteiger partial charge on any atom is -0.373 e. The predicted molar refractivity (Wildman–Crippen MR) is 91.6 cm³/mol. The Labute approximate surface area is 144 Å². The lowest BCUT2D eigenvalue weighted by molar-refractivity contribution is -0.0457. The number of pyridine rings is 1. The number of piperazine rings is 1. The van der Waals surface area contributed by atoms with Gasteiger partial charge in [0.1, 0.15) is 0 Å². The summed E-state index contributed by atoms with van der Waals surface area (Å²) in [7, 11) is -3.40. The molecule has 3 rings (SSSR count). The van der Waals surface area contributed by atoms with E-state index in [4.69, 9.17) is 4.74 Å². The highest BCUT2D eigenvalue weighted by atomic mass is 32.2. The van der Waals surface area contributed by atoms with Crippen LogP contribution in [0.4, 0.5) is 0 Å². The number of morpholine rings is 1. The molecule has 8 heteroatoms. The van der Waals surface area contributed by atoms with Gasteiger partial charge in [-0.25, -0.2) is 0 Å². The smallest absolute Gasteiger partial charge is 0.282 e. The maximum Gasteiger partial charge on any atom is 0.282 e. The summed E-state index contributed by atoms with van der Waals surface area (Å²) in [5, 5.41) is 0. The molecule has 0 radical (unpaired) electrons. The van der Waals surface area contributed by atoms with E-state index in [1.165, 1.54) is 0 Å². The molecule has 0 saturated carbocycles. The third kappa shape index (κ3) is 4.12. The molecule has 2 saturated heterocycles. The molecule has 1 aromatic rings. The molecule has 0 amide bonds. The summed E-state index contributed by atoms with van der Waals surface area (Å²) in [5.41, 5.74) is 1.02. The van der Waals surface area contributed by atoms with E-state index in [1.807, 2.05) is 32.0 Å². The lowest BCUT2D eigenvalue weighted by Gasteiger charge is -2.40. The SMILES string of the molecule is CC1CN(S(=O)(=O)N2CCN(Cc3ccccn3)CC2)CC(C)O1. The van der Waals surface area contributed by atoms with Crippen molar-refractivity contribution in [1.82, 2.24) is 18.5 Å². The Morgan fingerprint density at radius 1 is 1.08 bits per heavy atom. The first-order chi connectivity index (χ1) is 11.4. The number of rotatable bonds is 4. The van der Waals surface area contributed by atoms with Gasteiger partial charge in [-0.3, -0.25) is 9.88 Å². The molecule has 2 aliphatic heterocycles. The third-order valence-corrected chi connectivity index (χ3v) is 6.45. The van der Waals surface area contributed by atoms with Crippen molar-refractivity contribution in [1.29, 1.82) is 0 Å². The molecule has 0 spiro atoms. The Bertz CT molecular complexity index is 622. The van der Waals surface area contributed by atoms with Crippen LogP contribution in [0.5, 0.6) is 0 Å². The summed E-state index contributed by atoms with van der Waals surface area (Å²) >= 11 is 0. The van der Waals surface area contributed by atoms with Gasteiger partial charge in [-0.1, -0.05) is 6.07 Å². The zero-order chi connectivity index (χ0) is 17.2. The summed E-state index contributed by atoms with van der Waals surface area (Å²) in [6.45, 7) is 7.97. The lowest BCUT2D eigenvalue weighted by Crippen LogP contribution is -2.57. The first kappa shape index (κ1) is 17.8. The van der Waals surface area contributed by atoms with Gasteiger partial charge in [0, 0.05) is 52.0 Å². The highest BCUT2D eigenvalue weighted by Crippen LogP contribution is 2.19. The van der Waals surface area contributed by atoms with Crippen LogP contribution in [0.3, 0.4) is 0 Å². The average molecular weight is 354 g/mol. The van der Waals surface area contributed by atoms with E-state index < -0.39 is 10.2 Å². The largest absolute Gasteiger partial charge is 0.373 e. The molecule has 7 nitrogen and oxygen atoms in total. The van der Waals surface area contributed by atoms with Crippen LogP contribution in [0, 0.1) is 0 Å². The molecule has 24 heavy (non-hydrogen) atoms. The van der Waals surface area contributed by atoms with E-state index in [0.717, 1.165) is 25.3 Å². The molecule has 0 aromatic carbocycles. The number of aromatic nitrogens is 1. The molecule has 2 atom stereocenters. The van der Waals surface area contributed by atoms with Gasteiger partial charge in [0.2, 0.25) is 0 Å². The number of ether oxygens (including phenoxy) is 1. The monoisotopic (exact) mass is 354 g/mol. The van der Waals surface area contributed by atoms with Crippen molar-refractivity contribution in [3.8, 4) is 0 Å². The number of hydrogen-bond donors (Lipinski definition) is 0. The maximum atomic E-state index is 12.9. The van der Waals surface area contributed by atoms with Crippen LogP contribution in [0.15, 0.2) is 24.4 Å². The van der Waals surface area contributed by atoms with Crippen LogP contribution >= 0.6 is 0 Å². The van der Waals surface area contributed by atoms with Gasteiger partial charge >= 0.3 is 0 Å². The molecular formula is C16H26N4O3S. The first-order valence-electron chi connectivity index (χ1n) is 8.48. The summed E-state index contributed by atoms with van der Waals surface area (Å²) < 4.78 is 34.5. The normalized spacial score (nSPS) is 28.1. The molecule has 0 N–H and O–H groups in total. The Hall–Kier alpha value is -1.06. The molecule has 0 aliphatic carbocycles. The van der Waals surface area contributed by atoms with Crippen LogP contribution < -0.4 is 0 Å². The fraction of sp³-hybridized carbons (Fsp3) is 0.688. The Balaban J connectivity index is 1.57. The predicted octanol–water partition coefficient (Wildman–Crippen LogP) is 0.553. The molecule has 2 aliphatic rings. The third-order valence-electron chi connectivity index (χ3n) is 4.48. The standard InChI is InChI=1S/C16H26N4O3S/c1-14-11-20(12-15(2)23-14)24(21,22)19-9-7-18(8-10-19)13-16-5-3-4-6-17-16/h3-6,14-15H,7-13H2,1-2H3. The van der Waals surface area contributed by atoms with Crippen molar-refractivity contribution < 1.29 is 13.2 Å². The van der Waals surface area contributed by atoms with E-state index in [0.29, 0.717) is 26.2 Å². The van der Waals surface area contributed by atoms with Crippen LogP contribution in [-0.2, 0) is 21.5 Å². The molecule has 134 valence electrons. The molecule has 3 heterocycles. The van der Waals surface area contributed by atoms with E-state index in [1.54, 1.807) is 14.8 Å². The van der Waals surface area contributed by atoms with Crippen LogP contribution in [0.1, 0.15) is 19.5 Å². The van der Waals surface area contributed by atoms with Gasteiger partial charge in [0.05, 0.1) is 17.9 Å². The molecule has 2 unspecified atom stereocenters. The average Bonchev–Trinajstić information content (AvgIpc) is 2.55. The first-order valence-corrected chi connectivity index (χ1v) is 9.88. The van der Waals surface area contributed by atoms with Gasteiger partial charge in [-0.05, 0) is 26.0 Å². The second-order valence-corrected chi connectivity index (χ2v) is 8.51.